The quantitative estimate of drug-likeness (QED) is 0.602. The largest absolute Gasteiger partial charge is 0.391 e. The van der Waals surface area contributed by atoms with Crippen LogP contribution in [0.25, 0.3) is 0 Å². The number of carbonyl (C=O) groups excluding carboxylic acids is 1. The van der Waals surface area contributed by atoms with Gasteiger partial charge in [-0.05, 0) is 43.2 Å². The highest BCUT2D eigenvalue weighted by Gasteiger charge is 2.30. The molecule has 0 aliphatic heterocycles. The smallest absolute Gasteiger partial charge is 0.257 e. The number of rotatable bonds is 5. The zero-order valence-electron chi connectivity index (χ0n) is 15.5. The first-order valence-electron chi connectivity index (χ1n) is 9.04. The molecule has 162 valence electrons. The van der Waals surface area contributed by atoms with E-state index in [1.807, 2.05) is 0 Å². The number of benzene rings is 2. The Morgan fingerprint density at radius 2 is 1.73 bits per heavy atom. The second-order valence-electron chi connectivity index (χ2n) is 6.93. The van der Waals surface area contributed by atoms with Gasteiger partial charge < -0.3 is 10.4 Å². The third-order valence-corrected chi connectivity index (χ3v) is 6.88. The van der Waals surface area contributed by atoms with E-state index < -0.39 is 44.6 Å². The Bertz CT molecular complexity index is 1080. The molecule has 0 bridgehead atoms. The van der Waals surface area contributed by atoms with Gasteiger partial charge in [-0.15, -0.1) is 0 Å². The third kappa shape index (κ3) is 5.09. The summed E-state index contributed by atoms with van der Waals surface area (Å²) in [6, 6.07) is 4.24. The lowest BCUT2D eigenvalue weighted by molar-refractivity contribution is 0.101. The maximum atomic E-state index is 14.4. The molecule has 0 saturated heterocycles. The Labute approximate surface area is 182 Å². The van der Waals surface area contributed by atoms with Crippen LogP contribution in [-0.4, -0.2) is 31.6 Å². The monoisotopic (exact) mass is 478 g/mol. The number of amides is 1. The van der Waals surface area contributed by atoms with Crippen LogP contribution in [-0.2, 0) is 10.0 Å². The SMILES string of the molecule is O=C(Nc1ccc(F)c(Cl)c1)c1cc(S(=O)(=O)NC2CCCCC2O)c(F)cc1Cl. The van der Waals surface area contributed by atoms with Gasteiger partial charge in [-0.2, -0.15) is 0 Å². The average Bonchev–Trinajstić information content (AvgIpc) is 2.66. The topological polar surface area (TPSA) is 95.5 Å². The van der Waals surface area contributed by atoms with E-state index in [0.717, 1.165) is 37.1 Å². The van der Waals surface area contributed by atoms with Gasteiger partial charge in [-0.1, -0.05) is 36.0 Å². The fourth-order valence-corrected chi connectivity index (χ4v) is 5.00. The minimum absolute atomic E-state index is 0.139. The fraction of sp³-hybridized carbons (Fsp3) is 0.316. The lowest BCUT2D eigenvalue weighted by atomic mass is 9.93. The van der Waals surface area contributed by atoms with Crippen LogP contribution in [0.15, 0.2) is 35.2 Å². The summed E-state index contributed by atoms with van der Waals surface area (Å²) in [5.74, 6) is -2.66. The molecule has 2 aromatic carbocycles. The molecule has 1 aliphatic rings. The number of hydrogen-bond donors (Lipinski definition) is 3. The van der Waals surface area contributed by atoms with Crippen molar-refractivity contribution in [1.82, 2.24) is 4.72 Å². The molecule has 1 fully saturated rings. The highest BCUT2D eigenvalue weighted by atomic mass is 35.5. The molecule has 30 heavy (non-hydrogen) atoms. The number of anilines is 1. The van der Waals surface area contributed by atoms with Crippen LogP contribution in [0.5, 0.6) is 0 Å². The fourth-order valence-electron chi connectivity index (χ4n) is 3.19. The molecule has 1 saturated carbocycles. The van der Waals surface area contributed by atoms with E-state index in [1.165, 1.54) is 6.07 Å². The van der Waals surface area contributed by atoms with Crippen molar-refractivity contribution in [2.45, 2.75) is 42.7 Å². The van der Waals surface area contributed by atoms with Gasteiger partial charge in [0.1, 0.15) is 16.5 Å². The van der Waals surface area contributed by atoms with E-state index in [-0.39, 0.29) is 21.3 Å². The van der Waals surface area contributed by atoms with E-state index in [1.54, 1.807) is 0 Å². The first-order chi connectivity index (χ1) is 14.1. The molecule has 2 atom stereocenters. The minimum Gasteiger partial charge on any atom is -0.391 e. The third-order valence-electron chi connectivity index (χ3n) is 4.77. The Balaban J connectivity index is 1.89. The van der Waals surface area contributed by atoms with Gasteiger partial charge in [-0.3, -0.25) is 4.79 Å². The summed E-state index contributed by atoms with van der Waals surface area (Å²) in [7, 11) is -4.38. The van der Waals surface area contributed by atoms with E-state index >= 15 is 0 Å². The lowest BCUT2D eigenvalue weighted by Gasteiger charge is -2.28. The first kappa shape index (κ1) is 22.9. The predicted molar refractivity (Wildman–Crippen MR) is 109 cm³/mol. The Kier molecular flexibility index (Phi) is 6.98. The predicted octanol–water partition coefficient (Wildman–Crippen LogP) is 4.11. The standard InChI is InChI=1S/C19H18Cl2F2N2O4S/c20-12-9-15(23)18(30(28,29)25-16-3-1-2-4-17(16)26)8-11(12)19(27)24-10-5-6-14(22)13(21)7-10/h5-9,16-17,25-26H,1-4H2,(H,24,27). The van der Waals surface area contributed by atoms with Crippen LogP contribution in [0.4, 0.5) is 14.5 Å². The molecule has 2 unspecified atom stereocenters. The zero-order chi connectivity index (χ0) is 22.1. The van der Waals surface area contributed by atoms with Gasteiger partial charge in [0.2, 0.25) is 10.0 Å². The average molecular weight is 479 g/mol. The summed E-state index contributed by atoms with van der Waals surface area (Å²) in [5.41, 5.74) is -0.164. The van der Waals surface area contributed by atoms with Gasteiger partial charge in [0.25, 0.3) is 5.91 Å². The van der Waals surface area contributed by atoms with Crippen molar-refractivity contribution in [3.05, 3.63) is 57.6 Å². The first-order valence-corrected chi connectivity index (χ1v) is 11.3. The van der Waals surface area contributed by atoms with Crippen LogP contribution < -0.4 is 10.0 Å². The van der Waals surface area contributed by atoms with Crippen molar-refractivity contribution in [3.8, 4) is 0 Å². The van der Waals surface area contributed by atoms with Crippen LogP contribution in [0, 0.1) is 11.6 Å². The summed E-state index contributed by atoms with van der Waals surface area (Å²) >= 11 is 11.6. The Morgan fingerprint density at radius 1 is 1.03 bits per heavy atom. The molecule has 11 heteroatoms. The van der Waals surface area contributed by atoms with Crippen molar-refractivity contribution in [3.63, 3.8) is 0 Å². The maximum Gasteiger partial charge on any atom is 0.257 e. The second-order valence-corrected chi connectivity index (χ2v) is 9.42. The molecular weight excluding hydrogens is 461 g/mol. The molecule has 1 aliphatic carbocycles. The number of hydrogen-bond acceptors (Lipinski definition) is 4. The molecule has 1 amide bonds. The Morgan fingerprint density at radius 3 is 2.40 bits per heavy atom. The van der Waals surface area contributed by atoms with Gasteiger partial charge in [0, 0.05) is 11.7 Å². The molecule has 2 aromatic rings. The van der Waals surface area contributed by atoms with Crippen molar-refractivity contribution >= 4 is 44.8 Å². The van der Waals surface area contributed by atoms with Gasteiger partial charge >= 0.3 is 0 Å². The highest BCUT2D eigenvalue weighted by molar-refractivity contribution is 7.89. The highest BCUT2D eigenvalue weighted by Crippen LogP contribution is 2.27. The molecule has 6 nitrogen and oxygen atoms in total. The summed E-state index contributed by atoms with van der Waals surface area (Å²) in [5, 5.41) is 11.9. The maximum absolute atomic E-state index is 14.4. The Hall–Kier alpha value is -1.78. The molecule has 3 N–H and O–H groups in total. The van der Waals surface area contributed by atoms with E-state index in [9.17, 15) is 27.1 Å². The summed E-state index contributed by atoms with van der Waals surface area (Å²) < 4.78 is 55.4. The van der Waals surface area contributed by atoms with Gasteiger partial charge in [0.05, 0.1) is 21.7 Å². The van der Waals surface area contributed by atoms with E-state index in [4.69, 9.17) is 23.2 Å². The van der Waals surface area contributed by atoms with Crippen LogP contribution >= 0.6 is 23.2 Å². The number of sulfonamides is 1. The summed E-state index contributed by atoms with van der Waals surface area (Å²) in [6.07, 6.45) is 1.46. The van der Waals surface area contributed by atoms with E-state index in [0.29, 0.717) is 12.8 Å². The van der Waals surface area contributed by atoms with Crippen molar-refractivity contribution in [2.75, 3.05) is 5.32 Å². The number of nitrogens with one attached hydrogen (secondary N) is 2. The van der Waals surface area contributed by atoms with Crippen LogP contribution in [0.2, 0.25) is 10.0 Å². The number of aliphatic hydroxyl groups is 1. The van der Waals surface area contributed by atoms with E-state index in [2.05, 4.69) is 10.0 Å². The van der Waals surface area contributed by atoms with Crippen LogP contribution in [0.1, 0.15) is 36.0 Å². The summed E-state index contributed by atoms with van der Waals surface area (Å²) in [4.78, 5) is 11.8. The van der Waals surface area contributed by atoms with Crippen molar-refractivity contribution in [1.29, 1.82) is 0 Å². The molecule has 0 aromatic heterocycles. The minimum atomic E-state index is -4.38. The normalized spacial score (nSPS) is 19.5. The van der Waals surface area contributed by atoms with Crippen molar-refractivity contribution < 1.29 is 27.1 Å². The molecule has 0 spiro atoms. The van der Waals surface area contributed by atoms with Crippen molar-refractivity contribution in [2.24, 2.45) is 0 Å². The molecular formula is C19H18Cl2F2N2O4S. The second kappa shape index (κ2) is 9.15. The van der Waals surface area contributed by atoms with Gasteiger partial charge in [-0.25, -0.2) is 21.9 Å². The van der Waals surface area contributed by atoms with Gasteiger partial charge in [0.15, 0.2) is 0 Å². The molecule has 3 rings (SSSR count). The summed E-state index contributed by atoms with van der Waals surface area (Å²) in [6.45, 7) is 0. The lowest BCUT2D eigenvalue weighted by Crippen LogP contribution is -2.45. The number of halogens is 4. The molecule has 0 heterocycles. The van der Waals surface area contributed by atoms with Crippen LogP contribution in [0.3, 0.4) is 0 Å². The number of aliphatic hydroxyl groups excluding tert-OH is 1. The number of carbonyl (C=O) groups is 1. The molecule has 0 radical (unpaired) electrons. The zero-order valence-corrected chi connectivity index (χ0v) is 17.8.